The molecule has 2 aromatic rings. The number of carbonyl (C=O) groups is 1. The van der Waals surface area contributed by atoms with Gasteiger partial charge in [0, 0.05) is 10.6 Å². The average Bonchev–Trinajstić information content (AvgIpc) is 2.37. The van der Waals surface area contributed by atoms with Crippen LogP contribution in [-0.2, 0) is 6.61 Å². The lowest BCUT2D eigenvalue weighted by molar-refractivity contribution is 0.111. The standard InChI is InChI=1S/C14H9Cl2FO2/c15-10-5-12(16)11(7-18)14(6-10)19-8-9-3-1-2-4-13(9)17/h1-7H,8H2. The minimum Gasteiger partial charge on any atom is -0.488 e. The SMILES string of the molecule is O=Cc1c(Cl)cc(Cl)cc1OCc1ccccc1F. The van der Waals surface area contributed by atoms with Crippen molar-refractivity contribution in [2.45, 2.75) is 6.61 Å². The maximum atomic E-state index is 13.4. The third-order valence-corrected chi connectivity index (χ3v) is 3.05. The first-order valence-corrected chi connectivity index (χ1v) is 6.18. The van der Waals surface area contributed by atoms with Crippen molar-refractivity contribution in [1.82, 2.24) is 0 Å². The highest BCUT2D eigenvalue weighted by Gasteiger charge is 2.11. The molecule has 0 aliphatic carbocycles. The van der Waals surface area contributed by atoms with Crippen LogP contribution in [-0.4, -0.2) is 6.29 Å². The first kappa shape index (κ1) is 13.8. The Kier molecular flexibility index (Phi) is 4.40. The number of halogens is 3. The minimum atomic E-state index is -0.372. The van der Waals surface area contributed by atoms with Gasteiger partial charge in [-0.1, -0.05) is 41.4 Å². The molecule has 0 amide bonds. The minimum absolute atomic E-state index is 0.00974. The third kappa shape index (κ3) is 3.25. The summed E-state index contributed by atoms with van der Waals surface area (Å²) in [4.78, 5) is 11.0. The maximum absolute atomic E-state index is 13.4. The zero-order chi connectivity index (χ0) is 13.8. The average molecular weight is 299 g/mol. The van der Waals surface area contributed by atoms with Crippen molar-refractivity contribution in [2.75, 3.05) is 0 Å². The van der Waals surface area contributed by atoms with E-state index < -0.39 is 0 Å². The molecular formula is C14H9Cl2FO2. The van der Waals surface area contributed by atoms with Crippen LogP contribution in [0.1, 0.15) is 15.9 Å². The van der Waals surface area contributed by atoms with Crippen molar-refractivity contribution in [3.05, 3.63) is 63.4 Å². The summed E-state index contributed by atoms with van der Waals surface area (Å²) in [7, 11) is 0. The van der Waals surface area contributed by atoms with Crippen molar-refractivity contribution in [1.29, 1.82) is 0 Å². The molecule has 0 unspecified atom stereocenters. The van der Waals surface area contributed by atoms with E-state index in [4.69, 9.17) is 27.9 Å². The zero-order valence-electron chi connectivity index (χ0n) is 9.70. The van der Waals surface area contributed by atoms with Crippen LogP contribution in [0.25, 0.3) is 0 Å². The molecule has 2 aromatic carbocycles. The van der Waals surface area contributed by atoms with Gasteiger partial charge in [-0.05, 0) is 18.2 Å². The molecule has 0 radical (unpaired) electrons. The number of aldehydes is 1. The van der Waals surface area contributed by atoms with Crippen molar-refractivity contribution in [2.24, 2.45) is 0 Å². The Hall–Kier alpha value is -1.58. The number of hydrogen-bond acceptors (Lipinski definition) is 2. The van der Waals surface area contributed by atoms with Crippen molar-refractivity contribution in [3.63, 3.8) is 0 Å². The third-order valence-electron chi connectivity index (χ3n) is 2.52. The second kappa shape index (κ2) is 6.04. The van der Waals surface area contributed by atoms with Crippen LogP contribution in [0, 0.1) is 5.82 Å². The molecule has 0 aromatic heterocycles. The van der Waals surface area contributed by atoms with Gasteiger partial charge in [0.25, 0.3) is 0 Å². The van der Waals surface area contributed by atoms with Crippen molar-refractivity contribution < 1.29 is 13.9 Å². The first-order valence-electron chi connectivity index (χ1n) is 5.42. The molecule has 0 saturated heterocycles. The molecule has 0 saturated carbocycles. The molecule has 2 rings (SSSR count). The molecule has 19 heavy (non-hydrogen) atoms. The van der Waals surface area contributed by atoms with Crippen LogP contribution in [0.2, 0.25) is 10.0 Å². The summed E-state index contributed by atoms with van der Waals surface area (Å²) in [6.07, 6.45) is 0.579. The molecule has 5 heteroatoms. The lowest BCUT2D eigenvalue weighted by Crippen LogP contribution is -2.01. The summed E-state index contributed by atoms with van der Waals surface area (Å²) in [6, 6.07) is 9.15. The molecule has 0 aliphatic rings. The Morgan fingerprint density at radius 3 is 2.63 bits per heavy atom. The number of ether oxygens (including phenoxy) is 1. The van der Waals surface area contributed by atoms with Crippen LogP contribution in [0.3, 0.4) is 0 Å². The highest BCUT2D eigenvalue weighted by molar-refractivity contribution is 6.36. The van der Waals surface area contributed by atoms with E-state index in [-0.39, 0.29) is 28.8 Å². The number of hydrogen-bond donors (Lipinski definition) is 0. The van der Waals surface area contributed by atoms with Gasteiger partial charge in [-0.3, -0.25) is 4.79 Å². The van der Waals surface area contributed by atoms with Crippen molar-refractivity contribution >= 4 is 29.5 Å². The number of benzene rings is 2. The fourth-order valence-electron chi connectivity index (χ4n) is 1.57. The quantitative estimate of drug-likeness (QED) is 0.776. The van der Waals surface area contributed by atoms with Gasteiger partial charge in [0.1, 0.15) is 18.2 Å². The van der Waals surface area contributed by atoms with Crippen LogP contribution < -0.4 is 4.74 Å². The second-order valence-electron chi connectivity index (χ2n) is 3.80. The molecule has 0 N–H and O–H groups in total. The summed E-state index contributed by atoms with van der Waals surface area (Å²) < 4.78 is 18.8. The van der Waals surface area contributed by atoms with Gasteiger partial charge in [-0.2, -0.15) is 0 Å². The predicted octanol–water partition coefficient (Wildman–Crippen LogP) is 4.52. The Morgan fingerprint density at radius 1 is 1.21 bits per heavy atom. The molecule has 0 fully saturated rings. The second-order valence-corrected chi connectivity index (χ2v) is 4.64. The Balaban J connectivity index is 2.25. The summed E-state index contributed by atoms with van der Waals surface area (Å²) in [5.74, 6) is -0.140. The van der Waals surface area contributed by atoms with E-state index in [1.165, 1.54) is 18.2 Å². The predicted molar refractivity (Wildman–Crippen MR) is 72.6 cm³/mol. The van der Waals surface area contributed by atoms with Crippen LogP contribution in [0.5, 0.6) is 5.75 Å². The largest absolute Gasteiger partial charge is 0.488 e. The number of rotatable bonds is 4. The van der Waals surface area contributed by atoms with E-state index in [0.717, 1.165) is 0 Å². The van der Waals surface area contributed by atoms with E-state index >= 15 is 0 Å². The lowest BCUT2D eigenvalue weighted by Gasteiger charge is -2.10. The fourth-order valence-corrected chi connectivity index (χ4v) is 2.09. The maximum Gasteiger partial charge on any atom is 0.155 e. The van der Waals surface area contributed by atoms with Gasteiger partial charge < -0.3 is 4.74 Å². The van der Waals surface area contributed by atoms with Crippen LogP contribution in [0.4, 0.5) is 4.39 Å². The Labute approximate surface area is 119 Å². The fraction of sp³-hybridized carbons (Fsp3) is 0.0714. The van der Waals surface area contributed by atoms with Gasteiger partial charge in [0.2, 0.25) is 0 Å². The van der Waals surface area contributed by atoms with E-state index in [1.807, 2.05) is 0 Å². The zero-order valence-corrected chi connectivity index (χ0v) is 11.2. The summed E-state index contributed by atoms with van der Waals surface area (Å²) in [6.45, 7) is -0.00974. The molecule has 98 valence electrons. The van der Waals surface area contributed by atoms with Gasteiger partial charge in [0.05, 0.1) is 10.6 Å². The van der Waals surface area contributed by atoms with Crippen LogP contribution >= 0.6 is 23.2 Å². The van der Waals surface area contributed by atoms with Gasteiger partial charge in [-0.15, -0.1) is 0 Å². The topological polar surface area (TPSA) is 26.3 Å². The summed E-state index contributed by atoms with van der Waals surface area (Å²) in [5.41, 5.74) is 0.581. The van der Waals surface area contributed by atoms with Crippen LogP contribution in [0.15, 0.2) is 36.4 Å². The normalized spacial score (nSPS) is 10.3. The van der Waals surface area contributed by atoms with Gasteiger partial charge in [0.15, 0.2) is 6.29 Å². The molecule has 0 heterocycles. The van der Waals surface area contributed by atoms with Gasteiger partial charge >= 0.3 is 0 Å². The van der Waals surface area contributed by atoms with Gasteiger partial charge in [-0.25, -0.2) is 4.39 Å². The van der Waals surface area contributed by atoms with E-state index in [9.17, 15) is 9.18 Å². The molecular weight excluding hydrogens is 290 g/mol. The number of carbonyl (C=O) groups excluding carboxylic acids is 1. The molecule has 0 spiro atoms. The molecule has 0 aliphatic heterocycles. The molecule has 0 bridgehead atoms. The molecule has 0 atom stereocenters. The Morgan fingerprint density at radius 2 is 1.95 bits per heavy atom. The smallest absolute Gasteiger partial charge is 0.155 e. The monoisotopic (exact) mass is 298 g/mol. The summed E-state index contributed by atoms with van der Waals surface area (Å²) in [5, 5.41) is 0.546. The van der Waals surface area contributed by atoms with E-state index in [0.29, 0.717) is 16.9 Å². The van der Waals surface area contributed by atoms with E-state index in [1.54, 1.807) is 18.2 Å². The summed E-state index contributed by atoms with van der Waals surface area (Å²) >= 11 is 11.7. The highest BCUT2D eigenvalue weighted by atomic mass is 35.5. The molecule has 2 nitrogen and oxygen atoms in total. The van der Waals surface area contributed by atoms with Crippen molar-refractivity contribution in [3.8, 4) is 5.75 Å². The first-order chi connectivity index (χ1) is 9.11. The Bertz CT molecular complexity index is 614. The lowest BCUT2D eigenvalue weighted by atomic mass is 10.2. The van der Waals surface area contributed by atoms with E-state index in [2.05, 4.69) is 0 Å². The highest BCUT2D eigenvalue weighted by Crippen LogP contribution is 2.30.